The quantitative estimate of drug-likeness (QED) is 0.887. The average molecular weight is 310 g/mol. The average Bonchev–Trinajstić information content (AvgIpc) is 2.76. The van der Waals surface area contributed by atoms with Gasteiger partial charge >= 0.3 is 0 Å². The molecular formula is C15H22N2O3S. The van der Waals surface area contributed by atoms with Crippen LogP contribution in [0.1, 0.15) is 38.1 Å². The first-order valence-electron chi connectivity index (χ1n) is 6.89. The van der Waals surface area contributed by atoms with Crippen LogP contribution in [0.3, 0.4) is 0 Å². The number of nitrogens with one attached hydrogen (secondary N) is 1. The number of hydrogen-bond acceptors (Lipinski definition) is 3. The van der Waals surface area contributed by atoms with Gasteiger partial charge in [-0.25, -0.2) is 13.6 Å². The zero-order valence-electron chi connectivity index (χ0n) is 12.8. The number of hydrogen-bond donors (Lipinski definition) is 2. The molecule has 0 bridgehead atoms. The van der Waals surface area contributed by atoms with Gasteiger partial charge in [-0.15, -0.1) is 0 Å². The summed E-state index contributed by atoms with van der Waals surface area (Å²) < 4.78 is 22.6. The number of carbonyl (C=O) groups is 1. The van der Waals surface area contributed by atoms with Gasteiger partial charge < -0.3 is 5.32 Å². The molecule has 6 heteroatoms. The van der Waals surface area contributed by atoms with Gasteiger partial charge in [-0.2, -0.15) is 0 Å². The van der Waals surface area contributed by atoms with E-state index in [1.807, 2.05) is 0 Å². The van der Waals surface area contributed by atoms with Gasteiger partial charge in [-0.1, -0.05) is 33.8 Å². The lowest BCUT2D eigenvalue weighted by molar-refractivity contribution is 0.0949. The molecule has 1 aromatic rings. The number of nitrogens with two attached hydrogens (primary N) is 1. The summed E-state index contributed by atoms with van der Waals surface area (Å²) in [4.78, 5) is 12.1. The fraction of sp³-hybridized carbons (Fsp3) is 0.533. The summed E-state index contributed by atoms with van der Waals surface area (Å²) in [7, 11) is -3.79. The van der Waals surface area contributed by atoms with Crippen LogP contribution in [-0.2, 0) is 10.0 Å². The molecular weight excluding hydrogens is 288 g/mol. The molecule has 1 aromatic carbocycles. The minimum atomic E-state index is -3.79. The first kappa shape index (κ1) is 16.0. The van der Waals surface area contributed by atoms with E-state index in [4.69, 9.17) is 5.14 Å². The predicted octanol–water partition coefficient (Wildman–Crippen LogP) is 1.75. The molecule has 0 atom stereocenters. The Balaban J connectivity index is 2.06. The van der Waals surface area contributed by atoms with Crippen molar-refractivity contribution in [2.24, 2.45) is 21.9 Å². The molecule has 1 aliphatic carbocycles. The van der Waals surface area contributed by atoms with Crippen LogP contribution in [0.15, 0.2) is 29.2 Å². The Labute approximate surface area is 126 Å². The smallest absolute Gasteiger partial charge is 0.251 e. The Kier molecular flexibility index (Phi) is 3.66. The fourth-order valence-corrected chi connectivity index (χ4v) is 3.51. The van der Waals surface area contributed by atoms with E-state index >= 15 is 0 Å². The lowest BCUT2D eigenvalue weighted by Gasteiger charge is -2.07. The summed E-state index contributed by atoms with van der Waals surface area (Å²) in [6.45, 7) is 9.33. The standard InChI is InChI=1S/C15H22N2O3S/c1-14(2)12(15(14,3)4)9-17-13(18)10-6-5-7-11(8-10)21(16,19)20/h5-8,12H,9H2,1-4H3,(H,17,18)(H2,16,19,20). The normalized spacial score (nSPS) is 20.0. The van der Waals surface area contributed by atoms with E-state index in [2.05, 4.69) is 33.0 Å². The van der Waals surface area contributed by atoms with Crippen LogP contribution in [0, 0.1) is 16.7 Å². The van der Waals surface area contributed by atoms with Crippen molar-refractivity contribution in [2.45, 2.75) is 32.6 Å². The zero-order chi connectivity index (χ0) is 16.1. The van der Waals surface area contributed by atoms with Crippen LogP contribution >= 0.6 is 0 Å². The minimum absolute atomic E-state index is 0.0535. The van der Waals surface area contributed by atoms with Crippen LogP contribution in [-0.4, -0.2) is 20.9 Å². The lowest BCUT2D eigenvalue weighted by atomic mass is 10.0. The second kappa shape index (κ2) is 4.81. The van der Waals surface area contributed by atoms with Crippen molar-refractivity contribution in [1.82, 2.24) is 5.32 Å². The molecule has 1 fully saturated rings. The van der Waals surface area contributed by atoms with Gasteiger partial charge in [-0.05, 0) is 34.9 Å². The molecule has 1 amide bonds. The van der Waals surface area contributed by atoms with Gasteiger partial charge in [0, 0.05) is 12.1 Å². The maximum atomic E-state index is 12.1. The van der Waals surface area contributed by atoms with Gasteiger partial charge in [0.2, 0.25) is 10.0 Å². The summed E-state index contributed by atoms with van der Waals surface area (Å²) in [6, 6.07) is 5.76. The molecule has 0 unspecified atom stereocenters. The molecule has 0 radical (unpaired) electrons. The van der Waals surface area contributed by atoms with E-state index in [0.717, 1.165) is 0 Å². The number of primary sulfonamides is 1. The Morgan fingerprint density at radius 3 is 2.29 bits per heavy atom. The van der Waals surface area contributed by atoms with Crippen molar-refractivity contribution in [1.29, 1.82) is 0 Å². The topological polar surface area (TPSA) is 89.3 Å². The number of carbonyl (C=O) groups excluding carboxylic acids is 1. The Bertz CT molecular complexity index is 664. The SMILES string of the molecule is CC1(C)C(CNC(=O)c2cccc(S(N)(=O)=O)c2)C1(C)C. The summed E-state index contributed by atoms with van der Waals surface area (Å²) in [5.74, 6) is 0.134. The number of amides is 1. The van der Waals surface area contributed by atoms with E-state index in [-0.39, 0.29) is 21.6 Å². The first-order chi connectivity index (χ1) is 9.48. The molecule has 0 saturated heterocycles. The Morgan fingerprint density at radius 2 is 1.81 bits per heavy atom. The van der Waals surface area contributed by atoms with Crippen molar-refractivity contribution in [3.63, 3.8) is 0 Å². The number of benzene rings is 1. The molecule has 1 aliphatic rings. The highest BCUT2D eigenvalue weighted by Crippen LogP contribution is 2.67. The minimum Gasteiger partial charge on any atom is -0.352 e. The molecule has 0 heterocycles. The molecule has 0 spiro atoms. The van der Waals surface area contributed by atoms with E-state index in [0.29, 0.717) is 18.0 Å². The van der Waals surface area contributed by atoms with Crippen LogP contribution < -0.4 is 10.5 Å². The van der Waals surface area contributed by atoms with Gasteiger partial charge in [0.05, 0.1) is 4.90 Å². The first-order valence-corrected chi connectivity index (χ1v) is 8.43. The Morgan fingerprint density at radius 1 is 1.24 bits per heavy atom. The summed E-state index contributed by atoms with van der Waals surface area (Å²) in [6.07, 6.45) is 0. The van der Waals surface area contributed by atoms with Crippen LogP contribution in [0.2, 0.25) is 0 Å². The van der Waals surface area contributed by atoms with E-state index in [1.54, 1.807) is 6.07 Å². The van der Waals surface area contributed by atoms with Crippen molar-refractivity contribution in [2.75, 3.05) is 6.54 Å². The van der Waals surface area contributed by atoms with Gasteiger partial charge in [0.1, 0.15) is 0 Å². The summed E-state index contributed by atoms with van der Waals surface area (Å²) in [5.41, 5.74) is 0.698. The highest BCUT2D eigenvalue weighted by atomic mass is 32.2. The molecule has 21 heavy (non-hydrogen) atoms. The Hall–Kier alpha value is -1.40. The van der Waals surface area contributed by atoms with Crippen molar-refractivity contribution in [3.05, 3.63) is 29.8 Å². The molecule has 0 aliphatic heterocycles. The second-order valence-corrected chi connectivity index (χ2v) is 8.34. The van der Waals surface area contributed by atoms with Crippen molar-refractivity contribution >= 4 is 15.9 Å². The van der Waals surface area contributed by atoms with Crippen molar-refractivity contribution < 1.29 is 13.2 Å². The third-order valence-corrected chi connectivity index (χ3v) is 6.12. The van der Waals surface area contributed by atoms with Crippen LogP contribution in [0.5, 0.6) is 0 Å². The predicted molar refractivity (Wildman–Crippen MR) is 81.2 cm³/mol. The maximum absolute atomic E-state index is 12.1. The fourth-order valence-electron chi connectivity index (χ4n) is 2.95. The third kappa shape index (κ3) is 2.82. The molecule has 5 nitrogen and oxygen atoms in total. The molecule has 2 rings (SSSR count). The molecule has 0 aromatic heterocycles. The van der Waals surface area contributed by atoms with Gasteiger partial charge in [0.15, 0.2) is 0 Å². The van der Waals surface area contributed by atoms with Crippen molar-refractivity contribution in [3.8, 4) is 0 Å². The van der Waals surface area contributed by atoms with Gasteiger partial charge in [-0.3, -0.25) is 4.79 Å². The molecule has 1 saturated carbocycles. The molecule has 116 valence electrons. The van der Waals surface area contributed by atoms with Crippen LogP contribution in [0.4, 0.5) is 0 Å². The maximum Gasteiger partial charge on any atom is 0.251 e. The van der Waals surface area contributed by atoms with E-state index < -0.39 is 10.0 Å². The van der Waals surface area contributed by atoms with Gasteiger partial charge in [0.25, 0.3) is 5.91 Å². The summed E-state index contributed by atoms with van der Waals surface area (Å²) >= 11 is 0. The zero-order valence-corrected chi connectivity index (χ0v) is 13.6. The largest absolute Gasteiger partial charge is 0.352 e. The highest BCUT2D eigenvalue weighted by Gasteiger charge is 2.64. The highest BCUT2D eigenvalue weighted by molar-refractivity contribution is 7.89. The number of sulfonamides is 1. The lowest BCUT2D eigenvalue weighted by Crippen LogP contribution is -2.27. The van der Waals surface area contributed by atoms with E-state index in [1.165, 1.54) is 18.2 Å². The monoisotopic (exact) mass is 310 g/mol. The number of rotatable bonds is 4. The van der Waals surface area contributed by atoms with E-state index in [9.17, 15) is 13.2 Å². The summed E-state index contributed by atoms with van der Waals surface area (Å²) in [5, 5.41) is 7.95. The van der Waals surface area contributed by atoms with Crippen LogP contribution in [0.25, 0.3) is 0 Å². The molecule has 3 N–H and O–H groups in total. The second-order valence-electron chi connectivity index (χ2n) is 6.78. The third-order valence-electron chi connectivity index (χ3n) is 5.21.